The van der Waals surface area contributed by atoms with Gasteiger partial charge in [0.1, 0.15) is 0 Å². The number of nitrogens with one attached hydrogen (secondary N) is 1. The normalized spacial score (nSPS) is 13.6. The molecule has 6 heteroatoms. The van der Waals surface area contributed by atoms with E-state index in [1.165, 1.54) is 14.0 Å². The molecule has 0 aliphatic heterocycles. The molecule has 0 radical (unpaired) electrons. The van der Waals surface area contributed by atoms with Crippen molar-refractivity contribution in [3.8, 4) is 0 Å². The van der Waals surface area contributed by atoms with Crippen LogP contribution in [0.3, 0.4) is 0 Å². The molecule has 0 fully saturated rings. The summed E-state index contributed by atoms with van der Waals surface area (Å²) in [5.74, 6) is -1.42. The summed E-state index contributed by atoms with van der Waals surface area (Å²) in [6.45, 7) is 1.35. The van der Waals surface area contributed by atoms with E-state index in [-0.39, 0.29) is 18.9 Å². The van der Waals surface area contributed by atoms with E-state index in [0.717, 1.165) is 10.0 Å². The number of carbonyl (C=O) groups excluding carboxylic acids is 1. The number of hydrogen-bond acceptors (Lipinski definition) is 3. The Labute approximate surface area is 126 Å². The second-order valence-corrected chi connectivity index (χ2v) is 5.66. The first-order valence-corrected chi connectivity index (χ1v) is 6.94. The monoisotopic (exact) mass is 343 g/mol. The summed E-state index contributed by atoms with van der Waals surface area (Å²) in [5, 5.41) is 11.6. The molecule has 0 heterocycles. The zero-order valence-electron chi connectivity index (χ0n) is 11.5. The lowest BCUT2D eigenvalue weighted by atomic mass is 10.0. The summed E-state index contributed by atoms with van der Waals surface area (Å²) >= 11 is 3.34. The first-order valence-electron chi connectivity index (χ1n) is 6.15. The quantitative estimate of drug-likeness (QED) is 0.793. The lowest BCUT2D eigenvalue weighted by Crippen LogP contribution is -2.55. The van der Waals surface area contributed by atoms with Crippen molar-refractivity contribution >= 4 is 27.8 Å². The molecule has 0 aromatic heterocycles. The molecule has 0 aliphatic rings. The molecule has 0 aliphatic carbocycles. The number of halogens is 1. The number of rotatable bonds is 7. The van der Waals surface area contributed by atoms with Crippen LogP contribution in [-0.4, -0.2) is 36.2 Å². The predicted molar refractivity (Wildman–Crippen MR) is 78.5 cm³/mol. The van der Waals surface area contributed by atoms with Gasteiger partial charge < -0.3 is 15.2 Å². The third-order valence-electron chi connectivity index (χ3n) is 2.87. The molecule has 20 heavy (non-hydrogen) atoms. The van der Waals surface area contributed by atoms with Gasteiger partial charge in [0, 0.05) is 18.0 Å². The van der Waals surface area contributed by atoms with Crippen molar-refractivity contribution in [1.29, 1.82) is 0 Å². The highest BCUT2D eigenvalue weighted by molar-refractivity contribution is 9.10. The van der Waals surface area contributed by atoms with Gasteiger partial charge in [-0.15, -0.1) is 0 Å². The van der Waals surface area contributed by atoms with Gasteiger partial charge in [-0.05, 0) is 31.0 Å². The van der Waals surface area contributed by atoms with Crippen LogP contribution in [0.25, 0.3) is 0 Å². The molecular formula is C14H18BrNO4. The predicted octanol–water partition coefficient (Wildman–Crippen LogP) is 1.99. The first-order chi connectivity index (χ1) is 9.37. The van der Waals surface area contributed by atoms with Gasteiger partial charge in [-0.1, -0.05) is 28.1 Å². The van der Waals surface area contributed by atoms with Crippen LogP contribution in [0.15, 0.2) is 28.7 Å². The summed E-state index contributed by atoms with van der Waals surface area (Å²) in [5.41, 5.74) is -0.377. The first kappa shape index (κ1) is 16.7. The van der Waals surface area contributed by atoms with Crippen LogP contribution < -0.4 is 5.32 Å². The summed E-state index contributed by atoms with van der Waals surface area (Å²) < 4.78 is 5.82. The molecule has 0 saturated carbocycles. The van der Waals surface area contributed by atoms with E-state index in [9.17, 15) is 9.59 Å². The van der Waals surface area contributed by atoms with Gasteiger partial charge in [-0.2, -0.15) is 0 Å². The Morgan fingerprint density at radius 2 is 1.95 bits per heavy atom. The third kappa shape index (κ3) is 4.94. The molecular weight excluding hydrogens is 326 g/mol. The average molecular weight is 344 g/mol. The van der Waals surface area contributed by atoms with E-state index in [1.54, 1.807) is 0 Å². The summed E-state index contributed by atoms with van der Waals surface area (Å²) in [4.78, 5) is 23.0. The smallest absolute Gasteiger partial charge is 0.331 e. The second-order valence-electron chi connectivity index (χ2n) is 4.74. The van der Waals surface area contributed by atoms with E-state index in [2.05, 4.69) is 21.2 Å². The van der Waals surface area contributed by atoms with Gasteiger partial charge in [-0.25, -0.2) is 4.79 Å². The molecule has 2 N–H and O–H groups in total. The molecule has 1 amide bonds. The summed E-state index contributed by atoms with van der Waals surface area (Å²) in [6, 6.07) is 7.64. The SMILES string of the molecule is COCC(C)(NC(=O)CCc1ccc(Br)cc1)C(=O)O. The number of aryl methyl sites for hydroxylation is 1. The maximum absolute atomic E-state index is 11.8. The number of benzene rings is 1. The van der Waals surface area contributed by atoms with Crippen LogP contribution in [0.1, 0.15) is 18.9 Å². The van der Waals surface area contributed by atoms with Crippen LogP contribution in [0.2, 0.25) is 0 Å². The van der Waals surface area contributed by atoms with Gasteiger partial charge in [-0.3, -0.25) is 4.79 Å². The number of hydrogen-bond donors (Lipinski definition) is 2. The summed E-state index contributed by atoms with van der Waals surface area (Å²) in [7, 11) is 1.40. The Bertz CT molecular complexity index is 475. The van der Waals surface area contributed by atoms with Crippen molar-refractivity contribution in [3.63, 3.8) is 0 Å². The van der Waals surface area contributed by atoms with Crippen LogP contribution in [0.4, 0.5) is 0 Å². The fourth-order valence-electron chi connectivity index (χ4n) is 1.72. The molecule has 0 saturated heterocycles. The molecule has 110 valence electrons. The van der Waals surface area contributed by atoms with Gasteiger partial charge in [0.15, 0.2) is 5.54 Å². The molecule has 5 nitrogen and oxygen atoms in total. The molecule has 1 atom stereocenters. The third-order valence-corrected chi connectivity index (χ3v) is 3.40. The number of aliphatic carboxylic acids is 1. The van der Waals surface area contributed by atoms with Gasteiger partial charge in [0.25, 0.3) is 0 Å². The number of methoxy groups -OCH3 is 1. The summed E-state index contributed by atoms with van der Waals surface area (Å²) in [6.07, 6.45) is 0.788. The second kappa shape index (κ2) is 7.40. The van der Waals surface area contributed by atoms with E-state index >= 15 is 0 Å². The zero-order valence-corrected chi connectivity index (χ0v) is 13.1. The van der Waals surface area contributed by atoms with E-state index < -0.39 is 11.5 Å². The zero-order chi connectivity index (χ0) is 15.2. The van der Waals surface area contributed by atoms with E-state index in [1.807, 2.05) is 24.3 Å². The van der Waals surface area contributed by atoms with E-state index in [4.69, 9.17) is 9.84 Å². The minimum absolute atomic E-state index is 0.0770. The average Bonchev–Trinajstić information content (AvgIpc) is 2.38. The van der Waals surface area contributed by atoms with Crippen molar-refractivity contribution in [3.05, 3.63) is 34.3 Å². The number of ether oxygens (including phenoxy) is 1. The molecule has 0 bridgehead atoms. The van der Waals surface area contributed by atoms with Crippen molar-refractivity contribution in [1.82, 2.24) is 5.32 Å². The molecule has 1 unspecified atom stereocenters. The molecule has 1 rings (SSSR count). The topological polar surface area (TPSA) is 75.6 Å². The fraction of sp³-hybridized carbons (Fsp3) is 0.429. The Kier molecular flexibility index (Phi) is 6.16. The van der Waals surface area contributed by atoms with Crippen LogP contribution >= 0.6 is 15.9 Å². The Morgan fingerprint density at radius 1 is 1.35 bits per heavy atom. The van der Waals surface area contributed by atoms with Crippen LogP contribution in [0.5, 0.6) is 0 Å². The minimum Gasteiger partial charge on any atom is -0.479 e. The standard InChI is InChI=1S/C14H18BrNO4/c1-14(9-20-2,13(18)19)16-12(17)8-5-10-3-6-11(15)7-4-10/h3-4,6-7H,5,8-9H2,1-2H3,(H,16,17)(H,18,19). The largest absolute Gasteiger partial charge is 0.479 e. The maximum Gasteiger partial charge on any atom is 0.331 e. The highest BCUT2D eigenvalue weighted by Gasteiger charge is 2.34. The van der Waals surface area contributed by atoms with Crippen molar-refractivity contribution in [2.24, 2.45) is 0 Å². The van der Waals surface area contributed by atoms with Crippen molar-refractivity contribution < 1.29 is 19.4 Å². The minimum atomic E-state index is -1.40. The number of carboxylic acid groups (broad SMARTS) is 1. The lowest BCUT2D eigenvalue weighted by Gasteiger charge is -2.25. The van der Waals surface area contributed by atoms with Crippen molar-refractivity contribution in [2.75, 3.05) is 13.7 Å². The molecule has 1 aromatic carbocycles. The number of amides is 1. The Balaban J connectivity index is 2.54. The fourth-order valence-corrected chi connectivity index (χ4v) is 1.98. The maximum atomic E-state index is 11.8. The van der Waals surface area contributed by atoms with Crippen LogP contribution in [-0.2, 0) is 20.7 Å². The van der Waals surface area contributed by atoms with Gasteiger partial charge in [0.05, 0.1) is 6.61 Å². The molecule has 1 aromatic rings. The molecule has 0 spiro atoms. The number of carboxylic acids is 1. The number of carbonyl (C=O) groups is 2. The highest BCUT2D eigenvalue weighted by Crippen LogP contribution is 2.12. The van der Waals surface area contributed by atoms with Gasteiger partial charge >= 0.3 is 5.97 Å². The van der Waals surface area contributed by atoms with Crippen LogP contribution in [0, 0.1) is 0 Å². The van der Waals surface area contributed by atoms with E-state index in [0.29, 0.717) is 6.42 Å². The van der Waals surface area contributed by atoms with Gasteiger partial charge in [0.2, 0.25) is 5.91 Å². The lowest BCUT2D eigenvalue weighted by molar-refractivity contribution is -0.149. The highest BCUT2D eigenvalue weighted by atomic mass is 79.9. The Morgan fingerprint density at radius 3 is 2.45 bits per heavy atom. The van der Waals surface area contributed by atoms with Crippen molar-refractivity contribution in [2.45, 2.75) is 25.3 Å². The Hall–Kier alpha value is -1.40.